The summed E-state index contributed by atoms with van der Waals surface area (Å²) in [6, 6.07) is 4.57. The van der Waals surface area contributed by atoms with E-state index >= 15 is 0 Å². The van der Waals surface area contributed by atoms with E-state index in [1.807, 2.05) is 0 Å². The van der Waals surface area contributed by atoms with Gasteiger partial charge in [0, 0.05) is 18.1 Å². The maximum absolute atomic E-state index is 2.43. The summed E-state index contributed by atoms with van der Waals surface area (Å²) in [5.74, 6) is 0. The predicted molar refractivity (Wildman–Crippen MR) is 134 cm³/mol. The summed E-state index contributed by atoms with van der Waals surface area (Å²) < 4.78 is 2.43. The topological polar surface area (TPSA) is 3.88 Å². The third kappa shape index (κ3) is 16.9. The van der Waals surface area contributed by atoms with Gasteiger partial charge in [0.25, 0.3) is 0 Å². The predicted octanol–water partition coefficient (Wildman–Crippen LogP) is 9.36. The van der Waals surface area contributed by atoms with Crippen LogP contribution in [0.3, 0.4) is 0 Å². The van der Waals surface area contributed by atoms with Crippen LogP contribution in [0.25, 0.3) is 0 Å². The summed E-state index contributed by atoms with van der Waals surface area (Å²) in [4.78, 5) is 0. The monoisotopic (exact) mass is 416 g/mol. The maximum atomic E-state index is 2.43. The molecule has 0 aromatic carbocycles. The first-order chi connectivity index (χ1) is 14.9. The fourth-order valence-electron chi connectivity index (χ4n) is 4.46. The van der Waals surface area contributed by atoms with E-state index in [-0.39, 0.29) is 0 Å². The third-order valence-electron chi connectivity index (χ3n) is 6.51. The number of hydrogen-bond donors (Lipinski definition) is 0. The Labute approximate surface area is 190 Å². The van der Waals surface area contributed by atoms with E-state index < -0.39 is 0 Å². The Morgan fingerprint density at radius 1 is 0.533 bits per heavy atom. The third-order valence-corrected chi connectivity index (χ3v) is 6.51. The van der Waals surface area contributed by atoms with Crippen molar-refractivity contribution >= 4 is 0 Å². The summed E-state index contributed by atoms with van der Waals surface area (Å²) in [6.07, 6.45) is 34.3. The fourth-order valence-corrected chi connectivity index (χ4v) is 4.46. The summed E-state index contributed by atoms with van der Waals surface area (Å²) >= 11 is 0. The van der Waals surface area contributed by atoms with Crippen LogP contribution in [0.5, 0.6) is 0 Å². The molecule has 0 aliphatic heterocycles. The molecular formula is C29H54N+. The highest BCUT2D eigenvalue weighted by atomic mass is 14.9. The van der Waals surface area contributed by atoms with Crippen molar-refractivity contribution < 1.29 is 4.57 Å². The van der Waals surface area contributed by atoms with Crippen LogP contribution < -0.4 is 4.57 Å². The molecule has 1 aromatic rings. The number of aromatic nitrogens is 1. The van der Waals surface area contributed by atoms with Gasteiger partial charge in [-0.05, 0) is 25.3 Å². The van der Waals surface area contributed by atoms with Gasteiger partial charge in [-0.2, -0.15) is 0 Å². The zero-order valence-electron chi connectivity index (χ0n) is 20.8. The van der Waals surface area contributed by atoms with Gasteiger partial charge in [0.15, 0.2) is 12.4 Å². The van der Waals surface area contributed by atoms with Gasteiger partial charge in [0.2, 0.25) is 0 Å². The molecule has 0 aliphatic rings. The van der Waals surface area contributed by atoms with Gasteiger partial charge >= 0.3 is 0 Å². The van der Waals surface area contributed by atoms with Crippen molar-refractivity contribution in [3.8, 4) is 0 Å². The number of aryl methyl sites for hydroxylation is 2. The second-order valence-corrected chi connectivity index (χ2v) is 9.56. The largest absolute Gasteiger partial charge is 0.205 e. The zero-order chi connectivity index (χ0) is 21.5. The van der Waals surface area contributed by atoms with Gasteiger partial charge in [-0.3, -0.25) is 0 Å². The van der Waals surface area contributed by atoms with Gasteiger partial charge in [-0.15, -0.1) is 0 Å². The van der Waals surface area contributed by atoms with Crippen molar-refractivity contribution in [2.24, 2.45) is 0 Å². The number of hydrogen-bond acceptors (Lipinski definition) is 0. The van der Waals surface area contributed by atoms with Crippen molar-refractivity contribution in [1.82, 2.24) is 0 Å². The molecule has 0 bridgehead atoms. The van der Waals surface area contributed by atoms with Crippen molar-refractivity contribution in [3.63, 3.8) is 0 Å². The molecule has 0 N–H and O–H groups in total. The van der Waals surface area contributed by atoms with Crippen molar-refractivity contribution in [2.75, 3.05) is 0 Å². The molecule has 1 heteroatoms. The molecule has 174 valence electrons. The molecule has 0 radical (unpaired) electrons. The van der Waals surface area contributed by atoms with E-state index in [1.54, 1.807) is 0 Å². The summed E-state index contributed by atoms with van der Waals surface area (Å²) in [5, 5.41) is 0. The molecule has 1 nitrogen and oxygen atoms in total. The summed E-state index contributed by atoms with van der Waals surface area (Å²) in [5.41, 5.74) is 1.53. The van der Waals surface area contributed by atoms with Crippen LogP contribution in [-0.2, 0) is 13.0 Å². The Balaban J connectivity index is 1.96. The van der Waals surface area contributed by atoms with Crippen LogP contribution in [0.4, 0.5) is 0 Å². The van der Waals surface area contributed by atoms with Crippen LogP contribution in [0.2, 0.25) is 0 Å². The highest BCUT2D eigenvalue weighted by Crippen LogP contribution is 2.13. The minimum absolute atomic E-state index is 1.20. The second kappa shape index (κ2) is 21.4. The standard InChI is InChI=1S/C29H54N/c1-3-5-7-9-11-13-14-15-17-19-21-24-29-25-23-27-30(28-29)26-22-20-18-16-12-10-8-6-4-2/h23,25,27-28H,3-22,24,26H2,1-2H3/q+1. The molecule has 1 rings (SSSR count). The van der Waals surface area contributed by atoms with E-state index in [0.29, 0.717) is 0 Å². The number of rotatable bonds is 22. The van der Waals surface area contributed by atoms with Gasteiger partial charge in [-0.1, -0.05) is 123 Å². The molecule has 1 heterocycles. The normalized spacial score (nSPS) is 11.3. The van der Waals surface area contributed by atoms with Crippen LogP contribution in [0.1, 0.15) is 148 Å². The first-order valence-corrected chi connectivity index (χ1v) is 13.8. The quantitative estimate of drug-likeness (QED) is 0.131. The molecule has 1 aromatic heterocycles. The summed E-state index contributed by atoms with van der Waals surface area (Å²) in [6.45, 7) is 5.79. The molecular weight excluding hydrogens is 362 g/mol. The van der Waals surface area contributed by atoms with E-state index in [1.165, 1.54) is 147 Å². The molecule has 0 atom stereocenters. The lowest BCUT2D eigenvalue weighted by Crippen LogP contribution is -2.33. The van der Waals surface area contributed by atoms with E-state index in [2.05, 4.69) is 42.9 Å². The number of pyridine rings is 1. The van der Waals surface area contributed by atoms with Gasteiger partial charge in [-0.25, -0.2) is 4.57 Å². The molecule has 0 spiro atoms. The fraction of sp³-hybridized carbons (Fsp3) is 0.828. The molecule has 0 aliphatic carbocycles. The lowest BCUT2D eigenvalue weighted by molar-refractivity contribution is -0.697. The molecule has 0 amide bonds. The average molecular weight is 417 g/mol. The van der Waals surface area contributed by atoms with E-state index in [9.17, 15) is 0 Å². The minimum atomic E-state index is 1.20. The smallest absolute Gasteiger partial charge is 0.171 e. The number of unbranched alkanes of at least 4 members (excludes halogenated alkanes) is 18. The van der Waals surface area contributed by atoms with Crippen molar-refractivity contribution in [3.05, 3.63) is 30.1 Å². The van der Waals surface area contributed by atoms with Crippen LogP contribution in [0.15, 0.2) is 24.5 Å². The Bertz CT molecular complexity index is 467. The molecule has 0 saturated carbocycles. The molecule has 0 saturated heterocycles. The van der Waals surface area contributed by atoms with Gasteiger partial charge in [0.1, 0.15) is 6.54 Å². The Morgan fingerprint density at radius 3 is 1.47 bits per heavy atom. The van der Waals surface area contributed by atoms with E-state index in [4.69, 9.17) is 0 Å². The van der Waals surface area contributed by atoms with Crippen LogP contribution in [-0.4, -0.2) is 0 Å². The average Bonchev–Trinajstić information content (AvgIpc) is 2.76. The lowest BCUT2D eigenvalue weighted by atomic mass is 10.0. The second-order valence-electron chi connectivity index (χ2n) is 9.56. The lowest BCUT2D eigenvalue weighted by Gasteiger charge is -2.04. The SMILES string of the molecule is CCCCCCCCCCCCCc1ccc[n+](CCCCCCCCCCC)c1. The first kappa shape index (κ1) is 27.2. The van der Waals surface area contributed by atoms with Crippen LogP contribution in [0, 0.1) is 0 Å². The molecule has 0 unspecified atom stereocenters. The highest BCUT2D eigenvalue weighted by molar-refractivity contribution is 5.05. The summed E-state index contributed by atoms with van der Waals surface area (Å²) in [7, 11) is 0. The van der Waals surface area contributed by atoms with Gasteiger partial charge < -0.3 is 0 Å². The minimum Gasteiger partial charge on any atom is -0.205 e. The van der Waals surface area contributed by atoms with Crippen molar-refractivity contribution in [2.45, 2.75) is 155 Å². The Morgan fingerprint density at radius 2 is 0.967 bits per heavy atom. The Hall–Kier alpha value is -0.850. The van der Waals surface area contributed by atoms with Gasteiger partial charge in [0.05, 0.1) is 0 Å². The first-order valence-electron chi connectivity index (χ1n) is 13.8. The number of nitrogens with zero attached hydrogens (tertiary/aromatic N) is 1. The van der Waals surface area contributed by atoms with Crippen molar-refractivity contribution in [1.29, 1.82) is 0 Å². The molecule has 0 fully saturated rings. The van der Waals surface area contributed by atoms with Crippen LogP contribution >= 0.6 is 0 Å². The zero-order valence-corrected chi connectivity index (χ0v) is 20.8. The maximum Gasteiger partial charge on any atom is 0.171 e. The highest BCUT2D eigenvalue weighted by Gasteiger charge is 2.03. The molecule has 30 heavy (non-hydrogen) atoms. The Kier molecular flexibility index (Phi) is 19.4. The van der Waals surface area contributed by atoms with E-state index in [0.717, 1.165) is 0 Å².